The van der Waals surface area contributed by atoms with Crippen LogP contribution in [-0.4, -0.2) is 29.7 Å². The van der Waals surface area contributed by atoms with Crippen molar-refractivity contribution in [1.82, 2.24) is 9.97 Å². The molecule has 1 N–H and O–H groups in total. The number of ether oxygens (including phenoxy) is 2. The number of anilines is 1. The van der Waals surface area contributed by atoms with Gasteiger partial charge >= 0.3 is 0 Å². The topological polar surface area (TPSA) is 56.3 Å². The average Bonchev–Trinajstić information content (AvgIpc) is 2.96. The first-order chi connectivity index (χ1) is 9.81. The third-order valence-corrected chi connectivity index (χ3v) is 3.48. The molecule has 1 saturated carbocycles. The Hall–Kier alpha value is -1.36. The van der Waals surface area contributed by atoms with Crippen LogP contribution < -0.4 is 10.1 Å². The van der Waals surface area contributed by atoms with Gasteiger partial charge in [-0.05, 0) is 32.6 Å². The van der Waals surface area contributed by atoms with E-state index in [4.69, 9.17) is 9.47 Å². The van der Waals surface area contributed by atoms with Crippen LogP contribution in [0.1, 0.15) is 45.4 Å². The zero-order valence-electron chi connectivity index (χ0n) is 12.5. The molecule has 5 heteroatoms. The smallest absolute Gasteiger partial charge is 0.218 e. The lowest BCUT2D eigenvalue weighted by molar-refractivity contribution is 0.127. The average molecular weight is 279 g/mol. The molecule has 0 unspecified atom stereocenters. The largest absolute Gasteiger partial charge is 0.477 e. The molecule has 1 heterocycles. The van der Waals surface area contributed by atoms with E-state index in [2.05, 4.69) is 15.3 Å². The molecule has 0 atom stereocenters. The fourth-order valence-corrected chi connectivity index (χ4v) is 2.46. The number of hydrogen-bond acceptors (Lipinski definition) is 5. The number of hydrogen-bond donors (Lipinski definition) is 1. The first kappa shape index (κ1) is 15.0. The lowest BCUT2D eigenvalue weighted by Gasteiger charge is -2.13. The molecule has 1 aliphatic carbocycles. The van der Waals surface area contributed by atoms with Crippen molar-refractivity contribution >= 4 is 5.82 Å². The SMILES string of the molecule is CCNc1cc(OCC2CCCC2)nc(COCC)n1. The van der Waals surface area contributed by atoms with E-state index < -0.39 is 0 Å². The molecular formula is C15H25N3O2. The number of aromatic nitrogens is 2. The predicted octanol–water partition coefficient (Wildman–Crippen LogP) is 3.01. The van der Waals surface area contributed by atoms with Gasteiger partial charge in [-0.1, -0.05) is 12.8 Å². The molecule has 0 bridgehead atoms. The van der Waals surface area contributed by atoms with Gasteiger partial charge < -0.3 is 14.8 Å². The van der Waals surface area contributed by atoms with E-state index in [-0.39, 0.29) is 0 Å². The van der Waals surface area contributed by atoms with Crippen LogP contribution in [-0.2, 0) is 11.3 Å². The Bertz CT molecular complexity index is 406. The summed E-state index contributed by atoms with van der Waals surface area (Å²) in [6, 6.07) is 1.87. The molecule has 5 nitrogen and oxygen atoms in total. The van der Waals surface area contributed by atoms with E-state index in [0.717, 1.165) is 19.0 Å². The number of nitrogens with one attached hydrogen (secondary N) is 1. The Balaban J connectivity index is 1.98. The van der Waals surface area contributed by atoms with Gasteiger partial charge in [0.15, 0.2) is 5.82 Å². The Kier molecular flexibility index (Phi) is 6.05. The molecule has 112 valence electrons. The van der Waals surface area contributed by atoms with Crippen LogP contribution >= 0.6 is 0 Å². The monoisotopic (exact) mass is 279 g/mol. The predicted molar refractivity (Wildman–Crippen MR) is 79.0 cm³/mol. The summed E-state index contributed by atoms with van der Waals surface area (Å²) in [5.74, 6) is 2.81. The molecule has 1 aromatic heterocycles. The summed E-state index contributed by atoms with van der Waals surface area (Å²) < 4.78 is 11.2. The lowest BCUT2D eigenvalue weighted by atomic mass is 10.1. The van der Waals surface area contributed by atoms with Crippen LogP contribution in [0.25, 0.3) is 0 Å². The summed E-state index contributed by atoms with van der Waals surface area (Å²) in [5.41, 5.74) is 0. The van der Waals surface area contributed by atoms with Crippen LogP contribution in [0.4, 0.5) is 5.82 Å². The standard InChI is InChI=1S/C15H25N3O2/c1-3-16-13-9-15(18-14(17-13)11-19-4-2)20-10-12-7-5-6-8-12/h9,12H,3-8,10-11H2,1-2H3,(H,16,17,18). The molecule has 0 amide bonds. The van der Waals surface area contributed by atoms with E-state index in [1.165, 1.54) is 25.7 Å². The van der Waals surface area contributed by atoms with Crippen LogP contribution in [0, 0.1) is 5.92 Å². The first-order valence-corrected chi connectivity index (χ1v) is 7.64. The second-order valence-corrected chi connectivity index (χ2v) is 5.14. The van der Waals surface area contributed by atoms with Crippen molar-refractivity contribution in [3.63, 3.8) is 0 Å². The van der Waals surface area contributed by atoms with Crippen LogP contribution in [0.2, 0.25) is 0 Å². The van der Waals surface area contributed by atoms with Gasteiger partial charge in [0.2, 0.25) is 5.88 Å². The maximum absolute atomic E-state index is 5.85. The minimum absolute atomic E-state index is 0.426. The zero-order valence-corrected chi connectivity index (χ0v) is 12.5. The Morgan fingerprint density at radius 1 is 1.25 bits per heavy atom. The summed E-state index contributed by atoms with van der Waals surface area (Å²) in [5, 5.41) is 3.21. The van der Waals surface area contributed by atoms with Gasteiger partial charge in [-0.25, -0.2) is 4.98 Å². The zero-order chi connectivity index (χ0) is 14.2. The maximum Gasteiger partial charge on any atom is 0.218 e. The van der Waals surface area contributed by atoms with Gasteiger partial charge in [-0.2, -0.15) is 4.98 Å². The normalized spacial score (nSPS) is 15.5. The van der Waals surface area contributed by atoms with Crippen molar-refractivity contribution in [3.8, 4) is 5.88 Å². The summed E-state index contributed by atoms with van der Waals surface area (Å²) >= 11 is 0. The summed E-state index contributed by atoms with van der Waals surface area (Å²) in [7, 11) is 0. The van der Waals surface area contributed by atoms with E-state index in [1.54, 1.807) is 0 Å². The fraction of sp³-hybridized carbons (Fsp3) is 0.733. The van der Waals surface area contributed by atoms with Gasteiger partial charge in [0.05, 0.1) is 6.61 Å². The second-order valence-electron chi connectivity index (χ2n) is 5.14. The highest BCUT2D eigenvalue weighted by Gasteiger charge is 2.16. The van der Waals surface area contributed by atoms with Gasteiger partial charge in [-0.3, -0.25) is 0 Å². The molecule has 1 aromatic rings. The summed E-state index contributed by atoms with van der Waals surface area (Å²) in [6.45, 7) is 6.68. The van der Waals surface area contributed by atoms with Crippen molar-refractivity contribution in [2.75, 3.05) is 25.1 Å². The first-order valence-electron chi connectivity index (χ1n) is 7.64. The molecule has 1 fully saturated rings. The molecule has 0 radical (unpaired) electrons. The lowest BCUT2D eigenvalue weighted by Crippen LogP contribution is -2.11. The Labute approximate surface area is 121 Å². The molecule has 0 aliphatic heterocycles. The van der Waals surface area contributed by atoms with Gasteiger partial charge in [0, 0.05) is 19.2 Å². The van der Waals surface area contributed by atoms with Crippen molar-refractivity contribution in [3.05, 3.63) is 11.9 Å². The molecule has 0 saturated heterocycles. The molecule has 1 aliphatic rings. The number of nitrogens with zero attached hydrogens (tertiary/aromatic N) is 2. The Morgan fingerprint density at radius 2 is 2.05 bits per heavy atom. The summed E-state index contributed by atoms with van der Waals surface area (Å²) in [4.78, 5) is 8.83. The highest BCUT2D eigenvalue weighted by atomic mass is 16.5. The second kappa shape index (κ2) is 8.04. The summed E-state index contributed by atoms with van der Waals surface area (Å²) in [6.07, 6.45) is 5.21. The van der Waals surface area contributed by atoms with E-state index in [1.807, 2.05) is 19.9 Å². The van der Waals surface area contributed by atoms with Crippen molar-refractivity contribution in [1.29, 1.82) is 0 Å². The highest BCUT2D eigenvalue weighted by Crippen LogP contribution is 2.25. The highest BCUT2D eigenvalue weighted by molar-refractivity contribution is 5.38. The fourth-order valence-electron chi connectivity index (χ4n) is 2.46. The van der Waals surface area contributed by atoms with Crippen LogP contribution in [0.15, 0.2) is 6.07 Å². The maximum atomic E-state index is 5.85. The minimum Gasteiger partial charge on any atom is -0.477 e. The molecule has 20 heavy (non-hydrogen) atoms. The van der Waals surface area contributed by atoms with Crippen LogP contribution in [0.3, 0.4) is 0 Å². The van der Waals surface area contributed by atoms with Crippen LogP contribution in [0.5, 0.6) is 5.88 Å². The molecule has 0 aromatic carbocycles. The van der Waals surface area contributed by atoms with Crippen molar-refractivity contribution in [2.45, 2.75) is 46.1 Å². The third kappa shape index (κ3) is 4.63. The molecule has 0 spiro atoms. The third-order valence-electron chi connectivity index (χ3n) is 3.48. The van der Waals surface area contributed by atoms with E-state index in [9.17, 15) is 0 Å². The quantitative estimate of drug-likeness (QED) is 0.792. The Morgan fingerprint density at radius 3 is 2.75 bits per heavy atom. The van der Waals surface area contributed by atoms with Crippen molar-refractivity contribution in [2.24, 2.45) is 5.92 Å². The van der Waals surface area contributed by atoms with Gasteiger partial charge in [0.25, 0.3) is 0 Å². The van der Waals surface area contributed by atoms with E-state index >= 15 is 0 Å². The van der Waals surface area contributed by atoms with E-state index in [0.29, 0.717) is 30.8 Å². The molecule has 2 rings (SSSR count). The van der Waals surface area contributed by atoms with Gasteiger partial charge in [-0.15, -0.1) is 0 Å². The molecular weight excluding hydrogens is 254 g/mol. The van der Waals surface area contributed by atoms with Gasteiger partial charge in [0.1, 0.15) is 12.4 Å². The number of rotatable bonds is 8. The minimum atomic E-state index is 0.426. The van der Waals surface area contributed by atoms with Crippen molar-refractivity contribution < 1.29 is 9.47 Å².